The van der Waals surface area contributed by atoms with Crippen LogP contribution in [0.2, 0.25) is 0 Å². The van der Waals surface area contributed by atoms with Gasteiger partial charge < -0.3 is 15.7 Å². The standard InChI is InChI=1S/C12H18N2O/c13-6-5-10-9-14(7-8-15)12-4-2-1-3-11(10)12/h1-4,10,15H,5-9,13H2. The van der Waals surface area contributed by atoms with Crippen molar-refractivity contribution in [3.05, 3.63) is 29.8 Å². The van der Waals surface area contributed by atoms with Gasteiger partial charge in [0.2, 0.25) is 0 Å². The van der Waals surface area contributed by atoms with Crippen molar-refractivity contribution < 1.29 is 5.11 Å². The van der Waals surface area contributed by atoms with E-state index in [-0.39, 0.29) is 6.61 Å². The van der Waals surface area contributed by atoms with E-state index in [1.54, 1.807) is 0 Å². The first-order valence-corrected chi connectivity index (χ1v) is 5.51. The molecule has 1 aromatic rings. The van der Waals surface area contributed by atoms with E-state index >= 15 is 0 Å². The van der Waals surface area contributed by atoms with Crippen molar-refractivity contribution in [1.82, 2.24) is 0 Å². The number of aliphatic hydroxyl groups is 1. The maximum absolute atomic E-state index is 9.00. The third-order valence-corrected chi connectivity index (χ3v) is 3.04. The Morgan fingerprint density at radius 3 is 2.93 bits per heavy atom. The third-order valence-electron chi connectivity index (χ3n) is 3.04. The van der Waals surface area contributed by atoms with Gasteiger partial charge in [-0.25, -0.2) is 0 Å². The fraction of sp³-hybridized carbons (Fsp3) is 0.500. The monoisotopic (exact) mass is 206 g/mol. The van der Waals surface area contributed by atoms with Gasteiger partial charge >= 0.3 is 0 Å². The molecule has 0 aliphatic carbocycles. The lowest BCUT2D eigenvalue weighted by Crippen LogP contribution is -2.25. The minimum atomic E-state index is 0.212. The molecule has 3 nitrogen and oxygen atoms in total. The molecule has 0 aromatic heterocycles. The Balaban J connectivity index is 2.22. The third kappa shape index (κ3) is 1.98. The number of para-hydroxylation sites is 1. The highest BCUT2D eigenvalue weighted by molar-refractivity contribution is 5.60. The summed E-state index contributed by atoms with van der Waals surface area (Å²) in [6, 6.07) is 8.42. The number of hydrogen-bond acceptors (Lipinski definition) is 3. The van der Waals surface area contributed by atoms with Gasteiger partial charge in [0.15, 0.2) is 0 Å². The number of aliphatic hydroxyl groups excluding tert-OH is 1. The Labute approximate surface area is 90.5 Å². The van der Waals surface area contributed by atoms with Crippen molar-refractivity contribution >= 4 is 5.69 Å². The predicted octanol–water partition coefficient (Wildman–Crippen LogP) is 0.931. The summed E-state index contributed by atoms with van der Waals surface area (Å²) in [6.45, 7) is 2.66. The van der Waals surface area contributed by atoms with Crippen LogP contribution in [0.3, 0.4) is 0 Å². The second-order valence-corrected chi connectivity index (χ2v) is 4.00. The number of benzene rings is 1. The molecule has 15 heavy (non-hydrogen) atoms. The van der Waals surface area contributed by atoms with Gasteiger partial charge in [0, 0.05) is 24.7 Å². The van der Waals surface area contributed by atoms with Gasteiger partial charge in [0.05, 0.1) is 6.61 Å². The first-order valence-electron chi connectivity index (χ1n) is 5.51. The van der Waals surface area contributed by atoms with E-state index in [9.17, 15) is 0 Å². The number of nitrogens with zero attached hydrogens (tertiary/aromatic N) is 1. The molecule has 0 bridgehead atoms. The van der Waals surface area contributed by atoms with Crippen molar-refractivity contribution in [3.63, 3.8) is 0 Å². The summed E-state index contributed by atoms with van der Waals surface area (Å²) in [6.07, 6.45) is 1.03. The van der Waals surface area contributed by atoms with E-state index in [2.05, 4.69) is 23.1 Å². The Morgan fingerprint density at radius 2 is 2.20 bits per heavy atom. The van der Waals surface area contributed by atoms with E-state index in [0.717, 1.165) is 26.1 Å². The number of β-amino-alcohol motifs (C(OH)–C–C–N with tert-alkyl or cyclic N) is 1. The molecular formula is C12H18N2O. The lowest BCUT2D eigenvalue weighted by atomic mass is 9.98. The van der Waals surface area contributed by atoms with Gasteiger partial charge in [-0.05, 0) is 24.6 Å². The Hall–Kier alpha value is -1.06. The van der Waals surface area contributed by atoms with Crippen LogP contribution >= 0.6 is 0 Å². The first-order chi connectivity index (χ1) is 7.36. The van der Waals surface area contributed by atoms with Crippen molar-refractivity contribution in [2.45, 2.75) is 12.3 Å². The number of hydrogen-bond donors (Lipinski definition) is 2. The molecule has 1 atom stereocenters. The zero-order valence-electron chi connectivity index (χ0n) is 8.89. The van der Waals surface area contributed by atoms with Gasteiger partial charge in [0.25, 0.3) is 0 Å². The molecule has 0 amide bonds. The van der Waals surface area contributed by atoms with Gasteiger partial charge in [-0.2, -0.15) is 0 Å². The van der Waals surface area contributed by atoms with Gasteiger partial charge in [0.1, 0.15) is 0 Å². The van der Waals surface area contributed by atoms with E-state index in [4.69, 9.17) is 10.8 Å². The minimum Gasteiger partial charge on any atom is -0.395 e. The molecule has 0 fully saturated rings. The maximum Gasteiger partial charge on any atom is 0.0606 e. The first kappa shape index (κ1) is 10.5. The van der Waals surface area contributed by atoms with Crippen LogP contribution in [0.5, 0.6) is 0 Å². The molecule has 0 radical (unpaired) electrons. The Bertz CT molecular complexity index is 296. The van der Waals surface area contributed by atoms with Gasteiger partial charge in [-0.15, -0.1) is 0 Å². The summed E-state index contributed by atoms with van der Waals surface area (Å²) in [7, 11) is 0. The van der Waals surface area contributed by atoms with Crippen LogP contribution in [0, 0.1) is 0 Å². The summed E-state index contributed by atoms with van der Waals surface area (Å²) < 4.78 is 0. The normalized spacial score (nSPS) is 19.3. The second kappa shape index (κ2) is 4.64. The summed E-state index contributed by atoms with van der Waals surface area (Å²) in [5.41, 5.74) is 8.27. The Morgan fingerprint density at radius 1 is 1.40 bits per heavy atom. The number of fused-ring (bicyclic) bond motifs is 1. The smallest absolute Gasteiger partial charge is 0.0606 e. The molecule has 1 aliphatic rings. The fourth-order valence-electron chi connectivity index (χ4n) is 2.36. The minimum absolute atomic E-state index is 0.212. The van der Waals surface area contributed by atoms with E-state index < -0.39 is 0 Å². The maximum atomic E-state index is 9.00. The van der Waals surface area contributed by atoms with Crippen molar-refractivity contribution in [2.75, 3.05) is 31.1 Å². The van der Waals surface area contributed by atoms with Gasteiger partial charge in [-0.3, -0.25) is 0 Å². The van der Waals surface area contributed by atoms with Gasteiger partial charge in [-0.1, -0.05) is 18.2 Å². The fourth-order valence-corrected chi connectivity index (χ4v) is 2.36. The molecule has 1 aromatic carbocycles. The highest BCUT2D eigenvalue weighted by Gasteiger charge is 2.26. The number of rotatable bonds is 4. The molecule has 1 unspecified atom stereocenters. The van der Waals surface area contributed by atoms with E-state index in [0.29, 0.717) is 5.92 Å². The van der Waals surface area contributed by atoms with Crippen LogP contribution in [0.1, 0.15) is 17.9 Å². The zero-order valence-corrected chi connectivity index (χ0v) is 8.89. The zero-order chi connectivity index (χ0) is 10.7. The molecule has 3 N–H and O–H groups in total. The average Bonchev–Trinajstić information content (AvgIpc) is 2.59. The second-order valence-electron chi connectivity index (χ2n) is 4.00. The molecule has 3 heteroatoms. The number of anilines is 1. The molecule has 1 aliphatic heterocycles. The van der Waals surface area contributed by atoms with Crippen LogP contribution in [-0.4, -0.2) is 31.3 Å². The van der Waals surface area contributed by atoms with Crippen LogP contribution in [0.4, 0.5) is 5.69 Å². The summed E-state index contributed by atoms with van der Waals surface area (Å²) in [5.74, 6) is 0.540. The van der Waals surface area contributed by atoms with Crippen molar-refractivity contribution in [2.24, 2.45) is 5.73 Å². The lowest BCUT2D eigenvalue weighted by Gasteiger charge is -2.18. The summed E-state index contributed by atoms with van der Waals surface area (Å²) in [5, 5.41) is 9.00. The quantitative estimate of drug-likeness (QED) is 0.770. The van der Waals surface area contributed by atoms with E-state index in [1.165, 1.54) is 11.3 Å². The largest absolute Gasteiger partial charge is 0.395 e. The van der Waals surface area contributed by atoms with Crippen molar-refractivity contribution in [1.29, 1.82) is 0 Å². The van der Waals surface area contributed by atoms with Crippen LogP contribution in [-0.2, 0) is 0 Å². The predicted molar refractivity (Wildman–Crippen MR) is 62.2 cm³/mol. The molecule has 0 saturated heterocycles. The van der Waals surface area contributed by atoms with Crippen molar-refractivity contribution in [3.8, 4) is 0 Å². The van der Waals surface area contributed by atoms with E-state index in [1.807, 2.05) is 6.07 Å². The molecule has 0 saturated carbocycles. The average molecular weight is 206 g/mol. The highest BCUT2D eigenvalue weighted by atomic mass is 16.3. The lowest BCUT2D eigenvalue weighted by molar-refractivity contribution is 0.302. The molecule has 2 rings (SSSR count). The SMILES string of the molecule is NCCC1CN(CCO)c2ccccc21. The Kier molecular flexibility index (Phi) is 3.23. The summed E-state index contributed by atoms with van der Waals surface area (Å²) >= 11 is 0. The molecular weight excluding hydrogens is 188 g/mol. The molecule has 0 spiro atoms. The topological polar surface area (TPSA) is 49.5 Å². The van der Waals surface area contributed by atoms with Crippen LogP contribution < -0.4 is 10.6 Å². The van der Waals surface area contributed by atoms with Crippen LogP contribution in [0.15, 0.2) is 24.3 Å². The number of nitrogens with two attached hydrogens (primary N) is 1. The molecule has 82 valence electrons. The van der Waals surface area contributed by atoms with Crippen LogP contribution in [0.25, 0.3) is 0 Å². The summed E-state index contributed by atoms with van der Waals surface area (Å²) in [4.78, 5) is 2.25. The highest BCUT2D eigenvalue weighted by Crippen LogP contribution is 2.37. The molecule has 1 heterocycles.